The number of hydrogen-bond acceptors (Lipinski definition) is 4. The number of amides is 1. The van der Waals surface area contributed by atoms with E-state index in [9.17, 15) is 4.79 Å². The van der Waals surface area contributed by atoms with Crippen LogP contribution in [0.4, 0.5) is 0 Å². The van der Waals surface area contributed by atoms with Gasteiger partial charge in [-0.25, -0.2) is 0 Å². The van der Waals surface area contributed by atoms with Gasteiger partial charge in [0, 0.05) is 12.1 Å². The van der Waals surface area contributed by atoms with Gasteiger partial charge in [0.05, 0.1) is 11.4 Å². The van der Waals surface area contributed by atoms with Gasteiger partial charge in [0.15, 0.2) is 0 Å². The lowest BCUT2D eigenvalue weighted by molar-refractivity contribution is -0.131. The highest BCUT2D eigenvalue weighted by Gasteiger charge is 2.34. The van der Waals surface area contributed by atoms with Gasteiger partial charge in [0.2, 0.25) is 17.6 Å². The summed E-state index contributed by atoms with van der Waals surface area (Å²) < 4.78 is 5.50. The molecule has 0 N–H and O–H groups in total. The molecule has 1 saturated heterocycles. The minimum absolute atomic E-state index is 0.0873. The van der Waals surface area contributed by atoms with Crippen molar-refractivity contribution in [1.29, 1.82) is 0 Å². The molecule has 1 atom stereocenters. The molecule has 2 heterocycles. The van der Waals surface area contributed by atoms with Crippen LogP contribution in [0.1, 0.15) is 35.9 Å². The first-order valence-corrected chi connectivity index (χ1v) is 9.44. The minimum atomic E-state index is -0.176. The van der Waals surface area contributed by atoms with Crippen molar-refractivity contribution in [1.82, 2.24) is 15.0 Å². The summed E-state index contributed by atoms with van der Waals surface area (Å²) in [5, 5.41) is 4.65. The minimum Gasteiger partial charge on any atom is -0.337 e. The molecular formula is C21H20ClN3O2. The van der Waals surface area contributed by atoms with E-state index >= 15 is 0 Å². The Hall–Kier alpha value is -2.66. The quantitative estimate of drug-likeness (QED) is 0.662. The monoisotopic (exact) mass is 381 g/mol. The van der Waals surface area contributed by atoms with Crippen LogP contribution >= 0.6 is 11.6 Å². The molecular weight excluding hydrogens is 362 g/mol. The van der Waals surface area contributed by atoms with Gasteiger partial charge in [0.1, 0.15) is 6.04 Å². The zero-order chi connectivity index (χ0) is 18.8. The highest BCUT2D eigenvalue weighted by atomic mass is 35.5. The first kappa shape index (κ1) is 17.7. The smallest absolute Gasteiger partial charge is 0.249 e. The summed E-state index contributed by atoms with van der Waals surface area (Å²) in [5.74, 6) is 1.01. The molecule has 0 radical (unpaired) electrons. The van der Waals surface area contributed by atoms with Crippen LogP contribution in [0.25, 0.3) is 11.4 Å². The van der Waals surface area contributed by atoms with Crippen molar-refractivity contribution in [2.45, 2.75) is 32.2 Å². The number of nitrogens with zero attached hydrogens (tertiary/aromatic N) is 3. The van der Waals surface area contributed by atoms with Gasteiger partial charge in [-0.15, -0.1) is 0 Å². The van der Waals surface area contributed by atoms with Crippen LogP contribution in [0, 0.1) is 6.92 Å². The maximum atomic E-state index is 12.9. The summed E-state index contributed by atoms with van der Waals surface area (Å²) in [5.41, 5.74) is 2.90. The van der Waals surface area contributed by atoms with Crippen molar-refractivity contribution in [2.75, 3.05) is 6.54 Å². The predicted molar refractivity (Wildman–Crippen MR) is 103 cm³/mol. The molecule has 3 aromatic rings. The molecule has 5 nitrogen and oxygen atoms in total. The van der Waals surface area contributed by atoms with E-state index in [0.717, 1.165) is 29.5 Å². The van der Waals surface area contributed by atoms with E-state index in [1.54, 1.807) is 6.07 Å². The van der Waals surface area contributed by atoms with Gasteiger partial charge in [-0.3, -0.25) is 4.79 Å². The van der Waals surface area contributed by atoms with Gasteiger partial charge < -0.3 is 9.42 Å². The number of likely N-dealkylation sites (tertiary alicyclic amines) is 1. The molecule has 0 saturated carbocycles. The normalized spacial score (nSPS) is 16.7. The van der Waals surface area contributed by atoms with E-state index < -0.39 is 0 Å². The molecule has 138 valence electrons. The van der Waals surface area contributed by atoms with E-state index in [1.807, 2.05) is 54.3 Å². The van der Waals surface area contributed by atoms with Crippen LogP contribution in [0.2, 0.25) is 5.02 Å². The first-order chi connectivity index (χ1) is 13.1. The average molecular weight is 382 g/mol. The average Bonchev–Trinajstić information content (AvgIpc) is 3.33. The second kappa shape index (κ2) is 7.53. The van der Waals surface area contributed by atoms with Gasteiger partial charge in [-0.05, 0) is 43.0 Å². The highest BCUT2D eigenvalue weighted by molar-refractivity contribution is 6.33. The molecule has 0 spiro atoms. The summed E-state index contributed by atoms with van der Waals surface area (Å²) in [6, 6.07) is 15.2. The van der Waals surface area contributed by atoms with E-state index in [1.165, 1.54) is 0 Å². The molecule has 0 aliphatic carbocycles. The maximum Gasteiger partial charge on any atom is 0.249 e. The van der Waals surface area contributed by atoms with Crippen LogP contribution in [0.15, 0.2) is 53.1 Å². The van der Waals surface area contributed by atoms with Gasteiger partial charge in [-0.2, -0.15) is 4.98 Å². The Kier molecular flexibility index (Phi) is 4.94. The van der Waals surface area contributed by atoms with E-state index in [4.69, 9.17) is 16.1 Å². The Morgan fingerprint density at radius 1 is 1.22 bits per heavy atom. The van der Waals surface area contributed by atoms with Crippen LogP contribution in [0.3, 0.4) is 0 Å². The number of halogens is 1. The third-order valence-corrected chi connectivity index (χ3v) is 5.35. The van der Waals surface area contributed by atoms with Crippen LogP contribution in [-0.4, -0.2) is 27.5 Å². The Labute approximate surface area is 163 Å². The number of carbonyl (C=O) groups excluding carboxylic acids is 1. The number of aryl methyl sites for hydroxylation is 1. The topological polar surface area (TPSA) is 59.2 Å². The Morgan fingerprint density at radius 3 is 2.81 bits per heavy atom. The summed E-state index contributed by atoms with van der Waals surface area (Å²) in [6.07, 6.45) is 2.13. The van der Waals surface area contributed by atoms with Crippen molar-refractivity contribution in [3.05, 3.63) is 70.6 Å². The molecule has 0 unspecified atom stereocenters. The molecule has 1 amide bonds. The van der Waals surface area contributed by atoms with Crippen LogP contribution in [-0.2, 0) is 11.2 Å². The van der Waals surface area contributed by atoms with Crippen molar-refractivity contribution in [3.63, 3.8) is 0 Å². The number of hydrogen-bond donors (Lipinski definition) is 0. The van der Waals surface area contributed by atoms with E-state index in [0.29, 0.717) is 29.7 Å². The van der Waals surface area contributed by atoms with Crippen molar-refractivity contribution in [3.8, 4) is 11.4 Å². The Balaban J connectivity index is 1.54. The molecule has 6 heteroatoms. The molecule has 27 heavy (non-hydrogen) atoms. The van der Waals surface area contributed by atoms with Gasteiger partial charge in [-0.1, -0.05) is 53.2 Å². The number of carbonyl (C=O) groups is 1. The SMILES string of the molecule is Cc1ccccc1CC(=O)N1CCC[C@H]1c1nc(-c2ccccc2Cl)no1. The second-order valence-corrected chi connectivity index (χ2v) is 7.19. The molecule has 0 bridgehead atoms. The summed E-state index contributed by atoms with van der Waals surface area (Å²) in [6.45, 7) is 2.73. The Morgan fingerprint density at radius 2 is 2.00 bits per heavy atom. The third-order valence-electron chi connectivity index (χ3n) is 5.02. The highest BCUT2D eigenvalue weighted by Crippen LogP contribution is 2.33. The van der Waals surface area contributed by atoms with Crippen LogP contribution in [0.5, 0.6) is 0 Å². The van der Waals surface area contributed by atoms with E-state index in [-0.39, 0.29) is 11.9 Å². The van der Waals surface area contributed by atoms with Crippen molar-refractivity contribution < 1.29 is 9.32 Å². The number of rotatable bonds is 4. The molecule has 4 rings (SSSR count). The fourth-order valence-corrected chi connectivity index (χ4v) is 3.74. The van der Waals surface area contributed by atoms with Gasteiger partial charge >= 0.3 is 0 Å². The molecule has 1 aliphatic rings. The summed E-state index contributed by atoms with van der Waals surface area (Å²) in [4.78, 5) is 19.3. The van der Waals surface area contributed by atoms with Crippen LogP contribution < -0.4 is 0 Å². The zero-order valence-electron chi connectivity index (χ0n) is 15.1. The Bertz CT molecular complexity index is 969. The second-order valence-electron chi connectivity index (χ2n) is 6.78. The molecule has 1 aromatic heterocycles. The standard InChI is InChI=1S/C21H20ClN3O2/c1-14-7-2-3-8-15(14)13-19(26)25-12-6-11-18(25)21-23-20(24-27-21)16-9-4-5-10-17(16)22/h2-5,7-10,18H,6,11-13H2,1H3/t18-/m0/s1. The fourth-order valence-electron chi connectivity index (χ4n) is 3.52. The maximum absolute atomic E-state index is 12.9. The number of aromatic nitrogens is 2. The van der Waals surface area contributed by atoms with Crippen molar-refractivity contribution >= 4 is 17.5 Å². The molecule has 2 aromatic carbocycles. The zero-order valence-corrected chi connectivity index (χ0v) is 15.8. The van der Waals surface area contributed by atoms with E-state index in [2.05, 4.69) is 10.1 Å². The first-order valence-electron chi connectivity index (χ1n) is 9.06. The third kappa shape index (κ3) is 3.60. The molecule has 1 aliphatic heterocycles. The summed E-state index contributed by atoms with van der Waals surface area (Å²) in [7, 11) is 0. The summed E-state index contributed by atoms with van der Waals surface area (Å²) >= 11 is 6.23. The van der Waals surface area contributed by atoms with Crippen molar-refractivity contribution in [2.24, 2.45) is 0 Å². The largest absolute Gasteiger partial charge is 0.337 e. The lowest BCUT2D eigenvalue weighted by Crippen LogP contribution is -2.32. The van der Waals surface area contributed by atoms with Gasteiger partial charge in [0.25, 0.3) is 0 Å². The lowest BCUT2D eigenvalue weighted by Gasteiger charge is -2.22. The fraction of sp³-hybridized carbons (Fsp3) is 0.286. The molecule has 1 fully saturated rings. The number of benzene rings is 2. The lowest BCUT2D eigenvalue weighted by atomic mass is 10.1. The predicted octanol–water partition coefficient (Wildman–Crippen LogP) is 4.60.